The first kappa shape index (κ1) is 34.5. The van der Waals surface area contributed by atoms with Gasteiger partial charge in [-0.15, -0.1) is 0 Å². The Labute approximate surface area is 355 Å². The minimum atomic E-state index is 0.552. The van der Waals surface area contributed by atoms with Crippen LogP contribution in [0.1, 0.15) is 0 Å². The van der Waals surface area contributed by atoms with Gasteiger partial charge in [-0.05, 0) is 69.1 Å². The topological polar surface area (TPSA) is 56.7 Å². The number of hydrogen-bond acceptors (Lipinski definition) is 4. The van der Waals surface area contributed by atoms with Gasteiger partial charge in [-0.25, -0.2) is 15.0 Å². The second-order valence-electron chi connectivity index (χ2n) is 15.9. The normalized spacial score (nSPS) is 11.9. The molecule has 288 valence electrons. The van der Waals surface area contributed by atoms with E-state index in [-0.39, 0.29) is 0 Å². The molecule has 0 atom stereocenters. The van der Waals surface area contributed by atoms with Crippen molar-refractivity contribution in [3.63, 3.8) is 0 Å². The molecule has 0 saturated carbocycles. The summed E-state index contributed by atoms with van der Waals surface area (Å²) in [4.78, 5) is 15.5. The zero-order chi connectivity index (χ0) is 40.7. The highest BCUT2D eigenvalue weighted by Crippen LogP contribution is 2.44. The van der Waals surface area contributed by atoms with E-state index < -0.39 is 0 Å². The van der Waals surface area contributed by atoms with Gasteiger partial charge in [-0.2, -0.15) is 0 Å². The fraction of sp³-hybridized carbons (Fsp3) is 0. The first-order valence-corrected chi connectivity index (χ1v) is 20.9. The molecule has 0 radical (unpaired) electrons. The average molecular weight is 791 g/mol. The van der Waals surface area contributed by atoms with Gasteiger partial charge in [-0.1, -0.05) is 170 Å². The number of para-hydroxylation sites is 1. The highest BCUT2D eigenvalue weighted by atomic mass is 16.3. The Hall–Kier alpha value is -8.41. The summed E-state index contributed by atoms with van der Waals surface area (Å²) >= 11 is 0. The quantitative estimate of drug-likeness (QED) is 0.174. The van der Waals surface area contributed by atoms with Crippen molar-refractivity contribution in [1.29, 1.82) is 0 Å². The summed E-state index contributed by atoms with van der Waals surface area (Å²) in [6.45, 7) is 0. The van der Waals surface area contributed by atoms with Crippen LogP contribution in [0.5, 0.6) is 0 Å². The summed E-state index contributed by atoms with van der Waals surface area (Å²) in [5.74, 6) is 1.75. The maximum Gasteiger partial charge on any atom is 0.167 e. The maximum atomic E-state index is 6.90. The third-order valence-electron chi connectivity index (χ3n) is 12.4. The summed E-state index contributed by atoms with van der Waals surface area (Å²) in [6.07, 6.45) is 0. The lowest BCUT2D eigenvalue weighted by atomic mass is 9.99. The minimum Gasteiger partial charge on any atom is -0.455 e. The monoisotopic (exact) mass is 790 g/mol. The Morgan fingerprint density at radius 2 is 0.952 bits per heavy atom. The summed E-state index contributed by atoms with van der Waals surface area (Å²) in [7, 11) is 0. The lowest BCUT2D eigenvalue weighted by molar-refractivity contribution is 0.670. The van der Waals surface area contributed by atoms with E-state index in [1.54, 1.807) is 0 Å². The predicted octanol–water partition coefficient (Wildman–Crippen LogP) is 15.0. The molecule has 0 unspecified atom stereocenters. The van der Waals surface area contributed by atoms with Crippen molar-refractivity contribution in [2.45, 2.75) is 0 Å². The van der Waals surface area contributed by atoms with Crippen molar-refractivity contribution >= 4 is 76.1 Å². The van der Waals surface area contributed by atoms with Crippen LogP contribution in [0.2, 0.25) is 0 Å². The van der Waals surface area contributed by atoms with Crippen molar-refractivity contribution in [1.82, 2.24) is 19.5 Å². The fourth-order valence-corrected chi connectivity index (χ4v) is 9.60. The standard InChI is InChI=1S/C57H34N4O/c1-3-15-35(16-4-1)40-22-11-12-24-45(40)56-58-55(37-18-5-2-6-19-37)59-57(60-56)47-27-13-26-46-52-43-25-14-28-49(42(43)31-32-51(52)62-54(46)47)61-50-34-39-21-8-7-20-38(39)33-48(50)44-30-29-36-17-9-10-23-41(36)53(44)61/h1-34H. The van der Waals surface area contributed by atoms with E-state index in [0.717, 1.165) is 66.2 Å². The molecule has 0 aliphatic heterocycles. The highest BCUT2D eigenvalue weighted by molar-refractivity contribution is 6.24. The first-order valence-electron chi connectivity index (χ1n) is 20.9. The van der Waals surface area contributed by atoms with Gasteiger partial charge < -0.3 is 8.98 Å². The molecule has 62 heavy (non-hydrogen) atoms. The number of hydrogen-bond donors (Lipinski definition) is 0. The molecule has 5 heteroatoms. The molecule has 13 rings (SSSR count). The lowest BCUT2D eigenvalue weighted by Gasteiger charge is -2.14. The molecule has 3 heterocycles. The van der Waals surface area contributed by atoms with Gasteiger partial charge >= 0.3 is 0 Å². The molecule has 0 N–H and O–H groups in total. The van der Waals surface area contributed by atoms with Crippen molar-refractivity contribution in [3.8, 4) is 51.0 Å². The first-order chi connectivity index (χ1) is 30.7. The number of furan rings is 1. The van der Waals surface area contributed by atoms with E-state index in [4.69, 9.17) is 19.4 Å². The molecule has 3 aromatic heterocycles. The van der Waals surface area contributed by atoms with Crippen LogP contribution in [0.15, 0.2) is 211 Å². The van der Waals surface area contributed by atoms with Crippen molar-refractivity contribution < 1.29 is 4.42 Å². The van der Waals surface area contributed by atoms with E-state index in [0.29, 0.717) is 17.5 Å². The van der Waals surface area contributed by atoms with Crippen LogP contribution in [0.25, 0.3) is 127 Å². The smallest absolute Gasteiger partial charge is 0.167 e. The molecule has 0 aliphatic rings. The molecule has 10 aromatic carbocycles. The molecular formula is C57H34N4O. The maximum absolute atomic E-state index is 6.90. The molecule has 0 aliphatic carbocycles. The third kappa shape index (κ3) is 5.25. The largest absolute Gasteiger partial charge is 0.455 e. The molecule has 13 aromatic rings. The van der Waals surface area contributed by atoms with Crippen LogP contribution in [-0.2, 0) is 0 Å². The summed E-state index contributed by atoms with van der Waals surface area (Å²) in [5, 5.41) is 11.7. The van der Waals surface area contributed by atoms with Crippen molar-refractivity contribution in [3.05, 3.63) is 206 Å². The Morgan fingerprint density at radius 3 is 1.77 bits per heavy atom. The van der Waals surface area contributed by atoms with Gasteiger partial charge in [0.2, 0.25) is 0 Å². The summed E-state index contributed by atoms with van der Waals surface area (Å²) in [5.41, 5.74) is 9.85. The second kappa shape index (κ2) is 13.6. The molecule has 0 fully saturated rings. The summed E-state index contributed by atoms with van der Waals surface area (Å²) < 4.78 is 9.38. The Kier molecular flexibility index (Phi) is 7.54. The molecule has 0 amide bonds. The SMILES string of the molecule is c1ccc(-c2nc(-c3ccccc3-c3ccccc3)nc(-c3cccc4c3oc3ccc5c(-n6c7cc8ccccc8cc7c7ccc8ccccc8c76)cccc5c34)n2)cc1. The minimum absolute atomic E-state index is 0.552. The van der Waals surface area contributed by atoms with Crippen LogP contribution in [-0.4, -0.2) is 19.5 Å². The molecule has 0 bridgehead atoms. The Balaban J connectivity index is 1.06. The van der Waals surface area contributed by atoms with Crippen LogP contribution in [0.3, 0.4) is 0 Å². The molecule has 5 nitrogen and oxygen atoms in total. The number of aromatic nitrogens is 4. The zero-order valence-electron chi connectivity index (χ0n) is 33.3. The van der Waals surface area contributed by atoms with E-state index in [1.165, 1.54) is 43.4 Å². The van der Waals surface area contributed by atoms with E-state index in [1.807, 2.05) is 42.5 Å². The summed E-state index contributed by atoms with van der Waals surface area (Å²) in [6, 6.07) is 72.7. The van der Waals surface area contributed by atoms with Crippen molar-refractivity contribution in [2.24, 2.45) is 0 Å². The van der Waals surface area contributed by atoms with E-state index in [9.17, 15) is 0 Å². The second-order valence-corrected chi connectivity index (χ2v) is 15.9. The van der Waals surface area contributed by atoms with Gasteiger partial charge in [0.1, 0.15) is 11.2 Å². The average Bonchev–Trinajstić information content (AvgIpc) is 3.89. The zero-order valence-corrected chi connectivity index (χ0v) is 33.3. The lowest BCUT2D eigenvalue weighted by Crippen LogP contribution is -2.01. The van der Waals surface area contributed by atoms with Gasteiger partial charge in [0.05, 0.1) is 22.3 Å². The van der Waals surface area contributed by atoms with Gasteiger partial charge in [0, 0.05) is 43.4 Å². The van der Waals surface area contributed by atoms with Crippen molar-refractivity contribution in [2.75, 3.05) is 0 Å². The van der Waals surface area contributed by atoms with Gasteiger partial charge in [0.25, 0.3) is 0 Å². The van der Waals surface area contributed by atoms with Crippen LogP contribution in [0.4, 0.5) is 0 Å². The number of fused-ring (bicyclic) bond motifs is 11. The predicted molar refractivity (Wildman–Crippen MR) is 256 cm³/mol. The van der Waals surface area contributed by atoms with Crippen LogP contribution >= 0.6 is 0 Å². The van der Waals surface area contributed by atoms with Crippen LogP contribution in [0, 0.1) is 0 Å². The number of nitrogens with zero attached hydrogens (tertiary/aromatic N) is 4. The number of benzene rings is 10. The van der Waals surface area contributed by atoms with E-state index in [2.05, 4.69) is 168 Å². The third-order valence-corrected chi connectivity index (χ3v) is 12.4. The fourth-order valence-electron chi connectivity index (χ4n) is 9.60. The van der Waals surface area contributed by atoms with E-state index >= 15 is 0 Å². The van der Waals surface area contributed by atoms with Gasteiger partial charge in [0.15, 0.2) is 17.5 Å². The Bertz CT molecular complexity index is 3920. The molecule has 0 saturated heterocycles. The molecule has 0 spiro atoms. The molecular weight excluding hydrogens is 757 g/mol. The van der Waals surface area contributed by atoms with Gasteiger partial charge in [-0.3, -0.25) is 0 Å². The van der Waals surface area contributed by atoms with Crippen LogP contribution < -0.4 is 0 Å². The Morgan fingerprint density at radius 1 is 0.355 bits per heavy atom. The highest BCUT2D eigenvalue weighted by Gasteiger charge is 2.22. The number of rotatable bonds is 5.